The van der Waals surface area contributed by atoms with Crippen molar-refractivity contribution in [1.82, 2.24) is 4.98 Å². The van der Waals surface area contributed by atoms with Gasteiger partial charge in [-0.2, -0.15) is 0 Å². The van der Waals surface area contributed by atoms with Crippen molar-refractivity contribution in [3.05, 3.63) is 51.6 Å². The van der Waals surface area contributed by atoms with Crippen LogP contribution in [0.2, 0.25) is 5.02 Å². The number of anilines is 1. The van der Waals surface area contributed by atoms with E-state index in [0.717, 1.165) is 4.47 Å². The first kappa shape index (κ1) is 14.3. The summed E-state index contributed by atoms with van der Waals surface area (Å²) in [5, 5.41) is 0.171. The second-order valence-electron chi connectivity index (χ2n) is 3.85. The molecule has 19 heavy (non-hydrogen) atoms. The molecule has 2 aromatic rings. The van der Waals surface area contributed by atoms with Crippen molar-refractivity contribution in [2.24, 2.45) is 0 Å². The van der Waals surface area contributed by atoms with Crippen LogP contribution in [-0.2, 0) is 10.0 Å². The summed E-state index contributed by atoms with van der Waals surface area (Å²) in [6, 6.07) is 8.03. The minimum absolute atomic E-state index is 0.0285. The van der Waals surface area contributed by atoms with Gasteiger partial charge >= 0.3 is 0 Å². The van der Waals surface area contributed by atoms with Gasteiger partial charge in [0.1, 0.15) is 10.7 Å². The lowest BCUT2D eigenvalue weighted by molar-refractivity contribution is 0.601. The van der Waals surface area contributed by atoms with E-state index in [0.29, 0.717) is 5.56 Å². The fourth-order valence-electron chi connectivity index (χ4n) is 1.49. The first-order valence-electron chi connectivity index (χ1n) is 5.29. The van der Waals surface area contributed by atoms with Crippen LogP contribution in [0.3, 0.4) is 0 Å². The lowest BCUT2D eigenvalue weighted by Crippen LogP contribution is -2.15. The molecule has 0 aliphatic heterocycles. The number of hydrogen-bond donors (Lipinski definition) is 1. The Morgan fingerprint density at radius 1 is 1.32 bits per heavy atom. The molecule has 7 heteroatoms. The van der Waals surface area contributed by atoms with E-state index in [1.54, 1.807) is 25.1 Å². The van der Waals surface area contributed by atoms with Crippen molar-refractivity contribution in [1.29, 1.82) is 0 Å². The Bertz CT molecular complexity index is 719. The molecule has 4 nitrogen and oxygen atoms in total. The summed E-state index contributed by atoms with van der Waals surface area (Å²) in [7, 11) is -3.74. The summed E-state index contributed by atoms with van der Waals surface area (Å²) in [5.41, 5.74) is 0.713. The van der Waals surface area contributed by atoms with E-state index in [4.69, 9.17) is 11.6 Å². The quantitative estimate of drug-likeness (QED) is 0.908. The molecule has 0 unspecified atom stereocenters. The number of rotatable bonds is 3. The lowest BCUT2D eigenvalue weighted by atomic mass is 10.3. The highest BCUT2D eigenvalue weighted by Gasteiger charge is 2.18. The second kappa shape index (κ2) is 5.48. The molecule has 0 aliphatic carbocycles. The molecule has 1 aromatic heterocycles. The molecule has 0 fully saturated rings. The minimum atomic E-state index is -3.74. The average molecular weight is 362 g/mol. The number of nitrogens with zero attached hydrogens (tertiary/aromatic N) is 1. The Kier molecular flexibility index (Phi) is 4.13. The maximum atomic E-state index is 12.2. The van der Waals surface area contributed by atoms with Crippen LogP contribution in [0.25, 0.3) is 0 Å². The van der Waals surface area contributed by atoms with Gasteiger partial charge in [-0.15, -0.1) is 0 Å². The predicted molar refractivity (Wildman–Crippen MR) is 78.9 cm³/mol. The molecule has 100 valence electrons. The summed E-state index contributed by atoms with van der Waals surface area (Å²) in [6.07, 6.45) is 1.53. The van der Waals surface area contributed by atoms with Crippen molar-refractivity contribution in [3.8, 4) is 0 Å². The van der Waals surface area contributed by atoms with Gasteiger partial charge in [-0.3, -0.25) is 4.72 Å². The molecule has 1 heterocycles. The van der Waals surface area contributed by atoms with Gasteiger partial charge in [0, 0.05) is 10.7 Å². The Balaban J connectivity index is 2.40. The van der Waals surface area contributed by atoms with E-state index in [2.05, 4.69) is 25.6 Å². The molecular formula is C12H10BrClN2O2S. The third-order valence-electron chi connectivity index (χ3n) is 2.40. The zero-order chi connectivity index (χ0) is 14.0. The summed E-state index contributed by atoms with van der Waals surface area (Å²) >= 11 is 9.16. The van der Waals surface area contributed by atoms with Gasteiger partial charge in [0.05, 0.1) is 5.02 Å². The molecular weight excluding hydrogens is 352 g/mol. The standard InChI is InChI=1S/C12H10BrClN2O2S/c1-8-6-9(13)7-15-12(8)16-19(17,18)11-5-3-2-4-10(11)14/h2-7H,1H3,(H,15,16). The third-order valence-corrected chi connectivity index (χ3v) is 4.67. The number of sulfonamides is 1. The topological polar surface area (TPSA) is 59.1 Å². The molecule has 1 aromatic carbocycles. The van der Waals surface area contributed by atoms with Crippen molar-refractivity contribution in [3.63, 3.8) is 0 Å². The van der Waals surface area contributed by atoms with Gasteiger partial charge < -0.3 is 0 Å². The Hall–Kier alpha value is -1.11. The first-order valence-corrected chi connectivity index (χ1v) is 7.95. The number of aromatic nitrogens is 1. The highest BCUT2D eigenvalue weighted by Crippen LogP contribution is 2.24. The van der Waals surface area contributed by atoms with E-state index in [1.165, 1.54) is 18.3 Å². The van der Waals surface area contributed by atoms with Crippen LogP contribution in [0.5, 0.6) is 0 Å². The number of benzene rings is 1. The lowest BCUT2D eigenvalue weighted by Gasteiger charge is -2.10. The van der Waals surface area contributed by atoms with E-state index >= 15 is 0 Å². The zero-order valence-electron chi connectivity index (χ0n) is 9.89. The summed E-state index contributed by atoms with van der Waals surface area (Å²) in [4.78, 5) is 4.07. The van der Waals surface area contributed by atoms with Crippen LogP contribution in [0.1, 0.15) is 5.56 Å². The van der Waals surface area contributed by atoms with Gasteiger partial charge in [-0.05, 0) is 46.6 Å². The molecule has 0 saturated heterocycles. The summed E-state index contributed by atoms with van der Waals surface area (Å²) in [6.45, 7) is 1.77. The second-order valence-corrected chi connectivity index (χ2v) is 6.83. The number of pyridine rings is 1. The van der Waals surface area contributed by atoms with Crippen LogP contribution >= 0.6 is 27.5 Å². The molecule has 0 aliphatic rings. The third kappa shape index (κ3) is 3.26. The van der Waals surface area contributed by atoms with E-state index in [-0.39, 0.29) is 15.7 Å². The van der Waals surface area contributed by atoms with Crippen LogP contribution < -0.4 is 4.72 Å². The van der Waals surface area contributed by atoms with Crippen LogP contribution in [0.4, 0.5) is 5.82 Å². The maximum absolute atomic E-state index is 12.2. The molecule has 0 spiro atoms. The number of nitrogens with one attached hydrogen (secondary N) is 1. The average Bonchev–Trinajstić information content (AvgIpc) is 2.33. The Morgan fingerprint density at radius 2 is 2.00 bits per heavy atom. The number of hydrogen-bond acceptors (Lipinski definition) is 3. The summed E-state index contributed by atoms with van der Waals surface area (Å²) in [5.74, 6) is 0.281. The van der Waals surface area contributed by atoms with Crippen LogP contribution in [0.15, 0.2) is 45.9 Å². The highest BCUT2D eigenvalue weighted by molar-refractivity contribution is 9.10. The van der Waals surface area contributed by atoms with Crippen molar-refractivity contribution in [2.75, 3.05) is 4.72 Å². The van der Waals surface area contributed by atoms with Crippen molar-refractivity contribution >= 4 is 43.4 Å². The van der Waals surface area contributed by atoms with Gasteiger partial charge in [0.15, 0.2) is 0 Å². The van der Waals surface area contributed by atoms with E-state index in [1.807, 2.05) is 0 Å². The maximum Gasteiger partial charge on any atom is 0.264 e. The van der Waals surface area contributed by atoms with Gasteiger partial charge in [0.25, 0.3) is 10.0 Å². The molecule has 0 atom stereocenters. The fraction of sp³-hybridized carbons (Fsp3) is 0.0833. The van der Waals surface area contributed by atoms with E-state index < -0.39 is 10.0 Å². The van der Waals surface area contributed by atoms with Gasteiger partial charge in [-0.1, -0.05) is 23.7 Å². The monoisotopic (exact) mass is 360 g/mol. The van der Waals surface area contributed by atoms with E-state index in [9.17, 15) is 8.42 Å². The highest BCUT2D eigenvalue weighted by atomic mass is 79.9. The summed E-state index contributed by atoms with van der Waals surface area (Å²) < 4.78 is 27.6. The largest absolute Gasteiger partial charge is 0.264 e. The van der Waals surface area contributed by atoms with Crippen molar-refractivity contribution in [2.45, 2.75) is 11.8 Å². The smallest absolute Gasteiger partial charge is 0.263 e. The minimum Gasteiger partial charge on any atom is -0.263 e. The normalized spacial score (nSPS) is 11.3. The first-order chi connectivity index (χ1) is 8.90. The Morgan fingerprint density at radius 3 is 2.63 bits per heavy atom. The van der Waals surface area contributed by atoms with Crippen molar-refractivity contribution < 1.29 is 8.42 Å². The molecule has 0 bridgehead atoms. The predicted octanol–water partition coefficient (Wildman–Crippen LogP) is 3.61. The van der Waals surface area contributed by atoms with Crippen LogP contribution in [0, 0.1) is 6.92 Å². The van der Waals surface area contributed by atoms with Gasteiger partial charge in [0.2, 0.25) is 0 Å². The Labute approximate surface area is 125 Å². The van der Waals surface area contributed by atoms with Gasteiger partial charge in [-0.25, -0.2) is 13.4 Å². The fourth-order valence-corrected chi connectivity index (χ4v) is 3.54. The molecule has 0 amide bonds. The zero-order valence-corrected chi connectivity index (χ0v) is 13.1. The number of aryl methyl sites for hydroxylation is 1. The molecule has 2 rings (SSSR count). The molecule has 0 radical (unpaired) electrons. The molecule has 0 saturated carbocycles. The van der Waals surface area contributed by atoms with Crippen LogP contribution in [-0.4, -0.2) is 13.4 Å². The number of halogens is 2. The SMILES string of the molecule is Cc1cc(Br)cnc1NS(=O)(=O)c1ccccc1Cl. The molecule has 1 N–H and O–H groups in total.